The van der Waals surface area contributed by atoms with Gasteiger partial charge < -0.3 is 10.8 Å². The van der Waals surface area contributed by atoms with Crippen LogP contribution in [-0.4, -0.2) is 17.1 Å². The molecule has 0 unspecified atom stereocenters. The molecule has 0 saturated carbocycles. The number of thiophene rings is 1. The first-order valence-electron chi connectivity index (χ1n) is 5.04. The maximum absolute atomic E-state index is 11.3. The lowest BCUT2D eigenvalue weighted by Crippen LogP contribution is -2.17. The molecule has 0 saturated heterocycles. The second-order valence-corrected chi connectivity index (χ2v) is 4.81. The molecule has 0 aromatic carbocycles. The Balaban J connectivity index is 2.47. The zero-order valence-electron chi connectivity index (χ0n) is 8.58. The standard InChI is InChI=1S/C10H12N2O3S/c11-8(13)7-5-3-1-2-4-6(5)16-9(7)12-10(14)15/h12H,1-4H2,(H2,11,13)(H,14,15). The van der Waals surface area contributed by atoms with Gasteiger partial charge in [-0.2, -0.15) is 0 Å². The van der Waals surface area contributed by atoms with Crippen LogP contribution in [0.4, 0.5) is 9.80 Å². The molecule has 0 aliphatic heterocycles. The lowest BCUT2D eigenvalue weighted by molar-refractivity contribution is 0.100. The van der Waals surface area contributed by atoms with Crippen LogP contribution in [-0.2, 0) is 12.8 Å². The van der Waals surface area contributed by atoms with Gasteiger partial charge in [0.25, 0.3) is 5.91 Å². The molecule has 2 rings (SSSR count). The van der Waals surface area contributed by atoms with Gasteiger partial charge in [-0.05, 0) is 31.2 Å². The van der Waals surface area contributed by atoms with Crippen LogP contribution in [0.2, 0.25) is 0 Å². The second kappa shape index (κ2) is 4.13. The van der Waals surface area contributed by atoms with Gasteiger partial charge in [-0.15, -0.1) is 11.3 Å². The summed E-state index contributed by atoms with van der Waals surface area (Å²) in [6, 6.07) is 0. The molecular weight excluding hydrogens is 228 g/mol. The molecule has 1 aliphatic rings. The van der Waals surface area contributed by atoms with E-state index in [9.17, 15) is 9.59 Å². The van der Waals surface area contributed by atoms with E-state index in [2.05, 4.69) is 5.32 Å². The number of carbonyl (C=O) groups is 2. The second-order valence-electron chi connectivity index (χ2n) is 3.71. The maximum atomic E-state index is 11.3. The zero-order chi connectivity index (χ0) is 11.7. The Kier molecular flexibility index (Phi) is 2.82. The molecule has 2 amide bonds. The number of anilines is 1. The Morgan fingerprint density at radius 2 is 2.00 bits per heavy atom. The van der Waals surface area contributed by atoms with Crippen molar-refractivity contribution in [1.82, 2.24) is 0 Å². The molecule has 1 aromatic heterocycles. The van der Waals surface area contributed by atoms with Crippen LogP contribution < -0.4 is 11.1 Å². The highest BCUT2D eigenvalue weighted by Crippen LogP contribution is 2.37. The van der Waals surface area contributed by atoms with E-state index in [-0.39, 0.29) is 0 Å². The highest BCUT2D eigenvalue weighted by Gasteiger charge is 2.24. The van der Waals surface area contributed by atoms with Gasteiger partial charge >= 0.3 is 6.09 Å². The number of amides is 2. The predicted octanol–water partition coefficient (Wildman–Crippen LogP) is 1.82. The third kappa shape index (κ3) is 1.88. The molecule has 5 nitrogen and oxygen atoms in total. The molecule has 86 valence electrons. The lowest BCUT2D eigenvalue weighted by Gasteiger charge is -2.10. The van der Waals surface area contributed by atoms with Crippen LogP contribution in [0.5, 0.6) is 0 Å². The number of hydrogen-bond acceptors (Lipinski definition) is 3. The summed E-state index contributed by atoms with van der Waals surface area (Å²) in [5, 5.41) is 11.3. The van der Waals surface area contributed by atoms with Gasteiger partial charge in [-0.25, -0.2) is 4.79 Å². The van der Waals surface area contributed by atoms with E-state index < -0.39 is 12.0 Å². The Morgan fingerprint density at radius 3 is 2.62 bits per heavy atom. The van der Waals surface area contributed by atoms with Crippen molar-refractivity contribution in [3.8, 4) is 0 Å². The molecule has 1 aromatic rings. The largest absolute Gasteiger partial charge is 0.465 e. The molecule has 0 spiro atoms. The van der Waals surface area contributed by atoms with Crippen LogP contribution >= 0.6 is 11.3 Å². The van der Waals surface area contributed by atoms with Gasteiger partial charge in [0, 0.05) is 4.88 Å². The fraction of sp³-hybridized carbons (Fsp3) is 0.400. The monoisotopic (exact) mass is 240 g/mol. The number of nitrogens with one attached hydrogen (secondary N) is 1. The van der Waals surface area contributed by atoms with Gasteiger partial charge in [0.1, 0.15) is 5.00 Å². The average Bonchev–Trinajstić information content (AvgIpc) is 2.53. The van der Waals surface area contributed by atoms with Crippen molar-refractivity contribution in [2.75, 3.05) is 5.32 Å². The van der Waals surface area contributed by atoms with E-state index in [4.69, 9.17) is 10.8 Å². The summed E-state index contributed by atoms with van der Waals surface area (Å²) in [6.07, 6.45) is 2.66. The normalized spacial score (nSPS) is 14.2. The summed E-state index contributed by atoms with van der Waals surface area (Å²) in [6.45, 7) is 0. The maximum Gasteiger partial charge on any atom is 0.409 e. The molecule has 1 aliphatic carbocycles. The minimum atomic E-state index is -1.17. The molecule has 0 radical (unpaired) electrons. The smallest absolute Gasteiger partial charge is 0.409 e. The number of carboxylic acid groups (broad SMARTS) is 1. The quantitative estimate of drug-likeness (QED) is 0.736. The Hall–Kier alpha value is -1.56. The van der Waals surface area contributed by atoms with Crippen molar-refractivity contribution in [3.05, 3.63) is 16.0 Å². The fourth-order valence-electron chi connectivity index (χ4n) is 2.01. The summed E-state index contributed by atoms with van der Waals surface area (Å²) in [5.74, 6) is -0.553. The first kappa shape index (κ1) is 10.9. The minimum absolute atomic E-state index is 0.363. The molecule has 0 fully saturated rings. The number of nitrogens with two attached hydrogens (primary N) is 1. The average molecular weight is 240 g/mol. The first-order chi connectivity index (χ1) is 7.59. The van der Waals surface area contributed by atoms with Gasteiger partial charge in [-0.1, -0.05) is 0 Å². The van der Waals surface area contributed by atoms with Gasteiger partial charge in [-0.3, -0.25) is 10.1 Å². The minimum Gasteiger partial charge on any atom is -0.465 e. The third-order valence-electron chi connectivity index (χ3n) is 2.64. The Bertz CT molecular complexity index is 453. The molecule has 16 heavy (non-hydrogen) atoms. The van der Waals surface area contributed by atoms with Crippen molar-refractivity contribution in [3.63, 3.8) is 0 Å². The van der Waals surface area contributed by atoms with Crippen LogP contribution in [0.25, 0.3) is 0 Å². The van der Waals surface area contributed by atoms with E-state index in [1.54, 1.807) is 0 Å². The number of hydrogen-bond donors (Lipinski definition) is 3. The number of primary amides is 1. The summed E-state index contributed by atoms with van der Waals surface area (Å²) < 4.78 is 0. The van der Waals surface area contributed by atoms with Gasteiger partial charge in [0.05, 0.1) is 5.56 Å². The molecule has 4 N–H and O–H groups in total. The lowest BCUT2D eigenvalue weighted by atomic mass is 9.95. The van der Waals surface area contributed by atoms with Crippen molar-refractivity contribution < 1.29 is 14.7 Å². The van der Waals surface area contributed by atoms with E-state index >= 15 is 0 Å². The summed E-state index contributed by atoms with van der Waals surface area (Å²) in [4.78, 5) is 23.0. The van der Waals surface area contributed by atoms with E-state index in [1.165, 1.54) is 11.3 Å². The predicted molar refractivity (Wildman–Crippen MR) is 61.1 cm³/mol. The number of aryl methyl sites for hydroxylation is 1. The van der Waals surface area contributed by atoms with Crippen LogP contribution in [0.15, 0.2) is 0 Å². The molecule has 6 heteroatoms. The van der Waals surface area contributed by atoms with Gasteiger partial charge in [0.2, 0.25) is 0 Å². The first-order valence-corrected chi connectivity index (χ1v) is 5.85. The Labute approximate surface area is 96.3 Å². The summed E-state index contributed by atoms with van der Waals surface area (Å²) >= 11 is 1.33. The third-order valence-corrected chi connectivity index (χ3v) is 3.85. The highest BCUT2D eigenvalue weighted by atomic mass is 32.1. The van der Waals surface area contributed by atoms with Crippen LogP contribution in [0.3, 0.4) is 0 Å². The van der Waals surface area contributed by atoms with Gasteiger partial charge in [0.15, 0.2) is 0 Å². The van der Waals surface area contributed by atoms with E-state index in [1.807, 2.05) is 0 Å². The molecular formula is C10H12N2O3S. The fourth-order valence-corrected chi connectivity index (χ4v) is 3.30. The van der Waals surface area contributed by atoms with E-state index in [0.29, 0.717) is 10.6 Å². The zero-order valence-corrected chi connectivity index (χ0v) is 9.39. The van der Waals surface area contributed by atoms with Crippen molar-refractivity contribution in [1.29, 1.82) is 0 Å². The number of fused-ring (bicyclic) bond motifs is 1. The van der Waals surface area contributed by atoms with E-state index in [0.717, 1.165) is 36.1 Å². The van der Waals surface area contributed by atoms with Crippen molar-refractivity contribution in [2.45, 2.75) is 25.7 Å². The van der Waals surface area contributed by atoms with Crippen LogP contribution in [0, 0.1) is 0 Å². The SMILES string of the molecule is NC(=O)c1c(NC(=O)O)sc2c1CCCC2. The van der Waals surface area contributed by atoms with Crippen LogP contribution in [0.1, 0.15) is 33.6 Å². The topological polar surface area (TPSA) is 92.4 Å². The Morgan fingerprint density at radius 1 is 1.31 bits per heavy atom. The molecule has 1 heterocycles. The number of rotatable bonds is 2. The summed E-state index contributed by atoms with van der Waals surface area (Å²) in [5.41, 5.74) is 6.59. The molecule has 0 atom stereocenters. The number of carbonyl (C=O) groups excluding carboxylic acids is 1. The molecule has 0 bridgehead atoms. The highest BCUT2D eigenvalue weighted by molar-refractivity contribution is 7.17. The summed E-state index contributed by atoms with van der Waals surface area (Å²) in [7, 11) is 0. The van der Waals surface area contributed by atoms with Crippen molar-refractivity contribution >= 4 is 28.3 Å². The van der Waals surface area contributed by atoms with Crippen molar-refractivity contribution in [2.24, 2.45) is 5.73 Å².